The highest BCUT2D eigenvalue weighted by atomic mass is 16.5. The fourth-order valence-electron chi connectivity index (χ4n) is 2.71. The van der Waals surface area contributed by atoms with Gasteiger partial charge in [-0.25, -0.2) is 0 Å². The third kappa shape index (κ3) is 3.26. The first-order valence-corrected chi connectivity index (χ1v) is 6.81. The average Bonchev–Trinajstić information content (AvgIpc) is 2.47. The van der Waals surface area contributed by atoms with Crippen molar-refractivity contribution < 1.29 is 9.53 Å². The van der Waals surface area contributed by atoms with Crippen LogP contribution in [0.25, 0.3) is 0 Å². The van der Waals surface area contributed by atoms with Gasteiger partial charge < -0.3 is 15.0 Å². The topological polar surface area (TPSA) is 41.6 Å². The van der Waals surface area contributed by atoms with E-state index in [0.717, 1.165) is 31.7 Å². The van der Waals surface area contributed by atoms with Crippen molar-refractivity contribution in [3.63, 3.8) is 0 Å². The van der Waals surface area contributed by atoms with Gasteiger partial charge in [0, 0.05) is 13.1 Å². The van der Waals surface area contributed by atoms with Gasteiger partial charge >= 0.3 is 0 Å². The molecule has 0 bridgehead atoms. The third-order valence-corrected chi connectivity index (χ3v) is 3.75. The van der Waals surface area contributed by atoms with Crippen molar-refractivity contribution in [1.29, 1.82) is 0 Å². The maximum Gasteiger partial charge on any atom is 0.236 e. The number of nitrogens with one attached hydrogen (secondary N) is 1. The standard InChI is InChI=1S/C15H22N2O2/c1-16-11-15(18)17-9-7-12(8-10-17)13-5-3-4-6-14(13)19-2/h3-6,12,16H,7-11H2,1-2H3. The Kier molecular flexibility index (Phi) is 4.80. The summed E-state index contributed by atoms with van der Waals surface area (Å²) < 4.78 is 5.42. The van der Waals surface area contributed by atoms with Crippen LogP contribution in [0, 0.1) is 0 Å². The second-order valence-corrected chi connectivity index (χ2v) is 4.93. The molecule has 1 amide bonds. The smallest absolute Gasteiger partial charge is 0.236 e. The van der Waals surface area contributed by atoms with Gasteiger partial charge in [-0.15, -0.1) is 0 Å². The molecular formula is C15H22N2O2. The first-order valence-electron chi connectivity index (χ1n) is 6.81. The number of rotatable bonds is 4. The van der Waals surface area contributed by atoms with Crippen LogP contribution in [0.4, 0.5) is 0 Å². The zero-order chi connectivity index (χ0) is 13.7. The number of hydrogen-bond acceptors (Lipinski definition) is 3. The maximum absolute atomic E-state index is 11.8. The molecule has 0 aromatic heterocycles. The number of methoxy groups -OCH3 is 1. The van der Waals surface area contributed by atoms with Crippen molar-refractivity contribution in [3.8, 4) is 5.75 Å². The number of likely N-dealkylation sites (tertiary alicyclic amines) is 1. The molecule has 0 saturated carbocycles. The summed E-state index contributed by atoms with van der Waals surface area (Å²) >= 11 is 0. The van der Waals surface area contributed by atoms with Gasteiger partial charge in [0.1, 0.15) is 5.75 Å². The molecule has 4 heteroatoms. The highest BCUT2D eigenvalue weighted by Gasteiger charge is 2.24. The van der Waals surface area contributed by atoms with Crippen LogP contribution < -0.4 is 10.1 Å². The number of ether oxygens (including phenoxy) is 1. The summed E-state index contributed by atoms with van der Waals surface area (Å²) in [5, 5.41) is 2.91. The van der Waals surface area contributed by atoms with E-state index in [1.165, 1.54) is 5.56 Å². The van der Waals surface area contributed by atoms with Crippen LogP contribution in [0.5, 0.6) is 5.75 Å². The molecule has 1 N–H and O–H groups in total. The van der Waals surface area contributed by atoms with Crippen LogP contribution in [-0.2, 0) is 4.79 Å². The molecule has 1 aromatic carbocycles. The molecule has 104 valence electrons. The summed E-state index contributed by atoms with van der Waals surface area (Å²) in [5.41, 5.74) is 1.27. The summed E-state index contributed by atoms with van der Waals surface area (Å²) in [6.45, 7) is 2.10. The highest BCUT2D eigenvalue weighted by molar-refractivity contribution is 5.78. The summed E-state index contributed by atoms with van der Waals surface area (Å²) in [5.74, 6) is 1.65. The van der Waals surface area contributed by atoms with Gasteiger partial charge in [0.15, 0.2) is 0 Å². The molecule has 1 heterocycles. The second kappa shape index (κ2) is 6.57. The summed E-state index contributed by atoms with van der Waals surface area (Å²) in [4.78, 5) is 13.7. The van der Waals surface area contributed by atoms with Crippen LogP contribution in [0.1, 0.15) is 24.3 Å². The van der Waals surface area contributed by atoms with Gasteiger partial charge in [-0.05, 0) is 37.4 Å². The molecule has 4 nitrogen and oxygen atoms in total. The Morgan fingerprint density at radius 1 is 1.37 bits per heavy atom. The molecule has 1 aliphatic rings. The molecule has 1 saturated heterocycles. The van der Waals surface area contributed by atoms with Gasteiger partial charge in [-0.3, -0.25) is 4.79 Å². The van der Waals surface area contributed by atoms with E-state index in [4.69, 9.17) is 4.74 Å². The molecular weight excluding hydrogens is 240 g/mol. The lowest BCUT2D eigenvalue weighted by atomic mass is 9.89. The molecule has 1 fully saturated rings. The Labute approximate surface area is 114 Å². The fraction of sp³-hybridized carbons (Fsp3) is 0.533. The van der Waals surface area contributed by atoms with Gasteiger partial charge in [0.05, 0.1) is 13.7 Å². The van der Waals surface area contributed by atoms with Crippen molar-refractivity contribution in [2.75, 3.05) is 33.8 Å². The predicted octanol–water partition coefficient (Wildman–Crippen LogP) is 1.62. The Balaban J connectivity index is 1.98. The largest absolute Gasteiger partial charge is 0.496 e. The fourth-order valence-corrected chi connectivity index (χ4v) is 2.71. The van der Waals surface area contributed by atoms with Crippen molar-refractivity contribution >= 4 is 5.91 Å². The monoisotopic (exact) mass is 262 g/mol. The Bertz CT molecular complexity index is 426. The number of amides is 1. The summed E-state index contributed by atoms with van der Waals surface area (Å²) in [6, 6.07) is 8.19. The first-order chi connectivity index (χ1) is 9.26. The number of para-hydroxylation sites is 1. The number of carbonyl (C=O) groups excluding carboxylic acids is 1. The van der Waals surface area contributed by atoms with Gasteiger partial charge in [-0.1, -0.05) is 18.2 Å². The van der Waals surface area contributed by atoms with Gasteiger partial charge in [0.25, 0.3) is 0 Å². The van der Waals surface area contributed by atoms with E-state index < -0.39 is 0 Å². The van der Waals surface area contributed by atoms with Crippen LogP contribution in [0.2, 0.25) is 0 Å². The van der Waals surface area contributed by atoms with E-state index in [1.807, 2.05) is 17.0 Å². The Hall–Kier alpha value is -1.55. The molecule has 0 atom stereocenters. The number of benzene rings is 1. The van der Waals surface area contributed by atoms with Crippen molar-refractivity contribution in [1.82, 2.24) is 10.2 Å². The second-order valence-electron chi connectivity index (χ2n) is 4.93. The van der Waals surface area contributed by atoms with Gasteiger partial charge in [-0.2, -0.15) is 0 Å². The molecule has 0 radical (unpaired) electrons. The van der Waals surface area contributed by atoms with Crippen molar-refractivity contribution in [2.24, 2.45) is 0 Å². The van der Waals surface area contributed by atoms with Crippen molar-refractivity contribution in [2.45, 2.75) is 18.8 Å². The minimum atomic E-state index is 0.195. The zero-order valence-corrected chi connectivity index (χ0v) is 11.7. The Morgan fingerprint density at radius 2 is 2.05 bits per heavy atom. The van der Waals surface area contributed by atoms with Crippen LogP contribution in [-0.4, -0.2) is 44.6 Å². The zero-order valence-electron chi connectivity index (χ0n) is 11.7. The highest BCUT2D eigenvalue weighted by Crippen LogP contribution is 2.33. The van der Waals surface area contributed by atoms with E-state index in [2.05, 4.69) is 17.4 Å². The molecule has 0 aliphatic carbocycles. The molecule has 1 aliphatic heterocycles. The number of nitrogens with zero attached hydrogens (tertiary/aromatic N) is 1. The summed E-state index contributed by atoms with van der Waals surface area (Å²) in [7, 11) is 3.52. The predicted molar refractivity (Wildman–Crippen MR) is 75.5 cm³/mol. The molecule has 19 heavy (non-hydrogen) atoms. The molecule has 0 spiro atoms. The van der Waals surface area contributed by atoms with E-state index >= 15 is 0 Å². The molecule has 0 unspecified atom stereocenters. The van der Waals surface area contributed by atoms with E-state index in [-0.39, 0.29) is 5.91 Å². The third-order valence-electron chi connectivity index (χ3n) is 3.75. The van der Waals surface area contributed by atoms with Crippen LogP contribution in [0.15, 0.2) is 24.3 Å². The van der Waals surface area contributed by atoms with E-state index in [0.29, 0.717) is 12.5 Å². The first kappa shape index (κ1) is 13.9. The minimum Gasteiger partial charge on any atom is -0.496 e. The number of piperidine rings is 1. The van der Waals surface area contributed by atoms with Crippen LogP contribution in [0.3, 0.4) is 0 Å². The van der Waals surface area contributed by atoms with E-state index in [9.17, 15) is 4.79 Å². The molecule has 1 aromatic rings. The van der Waals surface area contributed by atoms with Gasteiger partial charge in [0.2, 0.25) is 5.91 Å². The normalized spacial score (nSPS) is 16.4. The van der Waals surface area contributed by atoms with Crippen LogP contribution >= 0.6 is 0 Å². The van der Waals surface area contributed by atoms with E-state index in [1.54, 1.807) is 14.2 Å². The average molecular weight is 262 g/mol. The number of hydrogen-bond donors (Lipinski definition) is 1. The quantitative estimate of drug-likeness (QED) is 0.896. The Morgan fingerprint density at radius 3 is 2.68 bits per heavy atom. The lowest BCUT2D eigenvalue weighted by Crippen LogP contribution is -2.41. The molecule has 2 rings (SSSR count). The number of likely N-dealkylation sites (N-methyl/N-ethyl adjacent to an activating group) is 1. The minimum absolute atomic E-state index is 0.195. The summed E-state index contributed by atoms with van der Waals surface area (Å²) in [6.07, 6.45) is 2.02. The maximum atomic E-state index is 11.8. The lowest BCUT2D eigenvalue weighted by Gasteiger charge is -2.32. The number of carbonyl (C=O) groups is 1. The lowest BCUT2D eigenvalue weighted by molar-refractivity contribution is -0.131. The SMILES string of the molecule is CNCC(=O)N1CCC(c2ccccc2OC)CC1. The van der Waals surface area contributed by atoms with Crippen molar-refractivity contribution in [3.05, 3.63) is 29.8 Å².